The lowest BCUT2D eigenvalue weighted by Gasteiger charge is -2.23. The van der Waals surface area contributed by atoms with Crippen LogP contribution in [0.1, 0.15) is 27.2 Å². The van der Waals surface area contributed by atoms with E-state index < -0.39 is 0 Å². The fraction of sp³-hybridized carbons (Fsp3) is 0.208. The van der Waals surface area contributed by atoms with Crippen molar-refractivity contribution in [2.75, 3.05) is 11.4 Å². The van der Waals surface area contributed by atoms with Crippen molar-refractivity contribution in [3.8, 4) is 0 Å². The summed E-state index contributed by atoms with van der Waals surface area (Å²) in [6.45, 7) is 2.21. The Hall–Kier alpha value is -2.94. The molecule has 0 saturated carbocycles. The lowest BCUT2D eigenvalue weighted by Crippen LogP contribution is -2.24. The normalized spacial score (nSPS) is 10.9. The van der Waals surface area contributed by atoms with E-state index in [2.05, 4.69) is 15.3 Å². The Kier molecular flexibility index (Phi) is 8.16. The van der Waals surface area contributed by atoms with Crippen molar-refractivity contribution in [1.82, 2.24) is 19.9 Å². The number of nitrogens with zero attached hydrogens (tertiary/aromatic N) is 4. The molecule has 0 saturated heterocycles. The van der Waals surface area contributed by atoms with Crippen LogP contribution in [-0.2, 0) is 19.6 Å². The van der Waals surface area contributed by atoms with Gasteiger partial charge in [0.05, 0.1) is 12.5 Å². The van der Waals surface area contributed by atoms with Gasteiger partial charge in [-0.15, -0.1) is 0 Å². The number of rotatable bonds is 10. The maximum Gasteiger partial charge on any atom is 0.263 e. The van der Waals surface area contributed by atoms with E-state index in [4.69, 9.17) is 23.2 Å². The summed E-state index contributed by atoms with van der Waals surface area (Å²) in [5, 5.41) is 4.76. The average Bonchev–Trinajstić information content (AvgIpc) is 3.52. The Labute approximate surface area is 211 Å². The smallest absolute Gasteiger partial charge is 0.263 e. The number of nitrogens with one attached hydrogen (secondary N) is 1. The van der Waals surface area contributed by atoms with Crippen LogP contribution in [0.3, 0.4) is 0 Å². The Bertz CT molecular complexity index is 1230. The molecule has 0 aliphatic carbocycles. The maximum absolute atomic E-state index is 13.4. The van der Waals surface area contributed by atoms with E-state index in [-0.39, 0.29) is 11.7 Å². The number of imidazole rings is 1. The second-order valence-corrected chi connectivity index (χ2v) is 9.49. The van der Waals surface area contributed by atoms with Gasteiger partial charge in [0, 0.05) is 48.6 Å². The van der Waals surface area contributed by atoms with Gasteiger partial charge in [0.2, 0.25) is 0 Å². The van der Waals surface area contributed by atoms with Crippen molar-refractivity contribution in [2.24, 2.45) is 0 Å². The second kappa shape index (κ2) is 11.5. The summed E-state index contributed by atoms with van der Waals surface area (Å²) >= 11 is 13.9. The van der Waals surface area contributed by atoms with Crippen LogP contribution in [0, 0.1) is 5.82 Å². The third kappa shape index (κ3) is 6.56. The third-order valence-corrected chi connectivity index (χ3v) is 6.74. The van der Waals surface area contributed by atoms with Crippen molar-refractivity contribution in [3.63, 3.8) is 0 Å². The van der Waals surface area contributed by atoms with Crippen molar-refractivity contribution in [2.45, 2.75) is 26.1 Å². The molecule has 0 unspecified atom stereocenters. The molecule has 0 aliphatic rings. The predicted octanol–water partition coefficient (Wildman–Crippen LogP) is 5.81. The topological polar surface area (TPSA) is 63.1 Å². The van der Waals surface area contributed by atoms with Gasteiger partial charge in [0.15, 0.2) is 5.13 Å². The first-order valence-corrected chi connectivity index (χ1v) is 12.2. The minimum Gasteiger partial charge on any atom is -0.351 e. The Balaban J connectivity index is 1.46. The van der Waals surface area contributed by atoms with E-state index in [1.54, 1.807) is 43.0 Å². The first-order chi connectivity index (χ1) is 16.5. The summed E-state index contributed by atoms with van der Waals surface area (Å²) in [5.74, 6) is -0.466. The molecule has 1 amide bonds. The van der Waals surface area contributed by atoms with Crippen molar-refractivity contribution in [3.05, 3.63) is 99.2 Å². The molecule has 0 aliphatic heterocycles. The monoisotopic (exact) mass is 517 g/mol. The summed E-state index contributed by atoms with van der Waals surface area (Å²) < 4.78 is 15.3. The van der Waals surface area contributed by atoms with E-state index in [0.717, 1.165) is 24.1 Å². The van der Waals surface area contributed by atoms with E-state index >= 15 is 0 Å². The molecule has 0 radical (unpaired) electrons. The Morgan fingerprint density at radius 2 is 1.97 bits per heavy atom. The van der Waals surface area contributed by atoms with E-state index in [9.17, 15) is 9.18 Å². The number of carbonyl (C=O) groups is 1. The molecule has 0 fully saturated rings. The molecule has 6 nitrogen and oxygen atoms in total. The molecule has 2 aromatic heterocycles. The zero-order valence-electron chi connectivity index (χ0n) is 18.1. The molecule has 1 N–H and O–H groups in total. The van der Waals surface area contributed by atoms with Crippen LogP contribution < -0.4 is 10.2 Å². The van der Waals surface area contributed by atoms with Crippen LogP contribution in [0.5, 0.6) is 0 Å². The highest BCUT2D eigenvalue weighted by atomic mass is 35.5. The zero-order valence-corrected chi connectivity index (χ0v) is 20.5. The summed E-state index contributed by atoms with van der Waals surface area (Å²) in [6.07, 6.45) is 7.73. The van der Waals surface area contributed by atoms with Crippen molar-refractivity contribution < 1.29 is 9.18 Å². The predicted molar refractivity (Wildman–Crippen MR) is 134 cm³/mol. The second-order valence-electron chi connectivity index (χ2n) is 7.64. The van der Waals surface area contributed by atoms with Crippen LogP contribution in [0.15, 0.2) is 67.4 Å². The lowest BCUT2D eigenvalue weighted by molar-refractivity contribution is 0.0956. The number of hydrogen-bond donors (Lipinski definition) is 1. The fourth-order valence-electron chi connectivity index (χ4n) is 3.36. The van der Waals surface area contributed by atoms with E-state index in [1.807, 2.05) is 21.7 Å². The molecule has 34 heavy (non-hydrogen) atoms. The average molecular weight is 518 g/mol. The summed E-state index contributed by atoms with van der Waals surface area (Å²) in [6, 6.07) is 11.6. The highest BCUT2D eigenvalue weighted by Gasteiger charge is 2.17. The Morgan fingerprint density at radius 1 is 1.15 bits per heavy atom. The number of carbonyl (C=O) groups excluding carboxylic acids is 1. The SMILES string of the molecule is O=C(NCCCn1ccnc1)c1cnc(N(Cc2ccc(F)cc2)Cc2cc(Cl)ccc2Cl)s1. The number of aryl methyl sites for hydroxylation is 1. The molecule has 4 aromatic rings. The number of thiazole rings is 1. The van der Waals surface area contributed by atoms with Crippen molar-refractivity contribution in [1.29, 1.82) is 0 Å². The van der Waals surface area contributed by atoms with Gasteiger partial charge < -0.3 is 14.8 Å². The van der Waals surface area contributed by atoms with Gasteiger partial charge in [0.25, 0.3) is 5.91 Å². The standard InChI is InChI=1S/C24H22Cl2FN5OS/c25-19-4-7-21(26)18(12-19)15-32(14-17-2-5-20(27)6-3-17)24-30-13-22(34-24)23(33)29-8-1-10-31-11-9-28-16-31/h2-7,9,11-13,16H,1,8,10,14-15H2,(H,29,33). The molecule has 4 rings (SSSR count). The molecule has 0 spiro atoms. The van der Waals surface area contributed by atoms with Gasteiger partial charge in [-0.3, -0.25) is 4.79 Å². The van der Waals surface area contributed by atoms with Gasteiger partial charge in [-0.05, 0) is 47.9 Å². The molecule has 10 heteroatoms. The lowest BCUT2D eigenvalue weighted by atomic mass is 10.1. The largest absolute Gasteiger partial charge is 0.351 e. The van der Waals surface area contributed by atoms with Crippen LogP contribution >= 0.6 is 34.5 Å². The first kappa shape index (κ1) is 24.2. The highest BCUT2D eigenvalue weighted by molar-refractivity contribution is 7.17. The maximum atomic E-state index is 13.4. The molecule has 176 valence electrons. The number of benzene rings is 2. The summed E-state index contributed by atoms with van der Waals surface area (Å²) in [5.41, 5.74) is 1.73. The third-order valence-electron chi connectivity index (χ3n) is 5.08. The molecule has 2 aromatic carbocycles. The Morgan fingerprint density at radius 3 is 2.74 bits per heavy atom. The number of halogens is 3. The van der Waals surface area contributed by atoms with Crippen LogP contribution in [0.2, 0.25) is 10.0 Å². The van der Waals surface area contributed by atoms with Gasteiger partial charge in [0.1, 0.15) is 10.7 Å². The number of anilines is 1. The number of amides is 1. The van der Waals surface area contributed by atoms with Gasteiger partial charge >= 0.3 is 0 Å². The highest BCUT2D eigenvalue weighted by Crippen LogP contribution is 2.29. The molecule has 0 atom stereocenters. The molecule has 0 bridgehead atoms. The van der Waals surface area contributed by atoms with Gasteiger partial charge in [-0.1, -0.05) is 46.7 Å². The summed E-state index contributed by atoms with van der Waals surface area (Å²) in [4.78, 5) is 23.6. The summed E-state index contributed by atoms with van der Waals surface area (Å²) in [7, 11) is 0. The molecular formula is C24H22Cl2FN5OS. The number of hydrogen-bond acceptors (Lipinski definition) is 5. The molecular weight excluding hydrogens is 496 g/mol. The first-order valence-electron chi connectivity index (χ1n) is 10.6. The van der Waals surface area contributed by atoms with Crippen LogP contribution in [-0.4, -0.2) is 27.0 Å². The quantitative estimate of drug-likeness (QED) is 0.269. The minimum absolute atomic E-state index is 0.170. The zero-order chi connectivity index (χ0) is 23.9. The minimum atomic E-state index is -0.297. The van der Waals surface area contributed by atoms with E-state index in [0.29, 0.717) is 39.7 Å². The fourth-order valence-corrected chi connectivity index (χ4v) is 4.56. The van der Waals surface area contributed by atoms with Gasteiger partial charge in [-0.25, -0.2) is 14.4 Å². The van der Waals surface area contributed by atoms with E-state index in [1.165, 1.54) is 23.5 Å². The molecule has 2 heterocycles. The van der Waals surface area contributed by atoms with Crippen molar-refractivity contribution >= 4 is 45.6 Å². The van der Waals surface area contributed by atoms with Crippen LogP contribution in [0.25, 0.3) is 0 Å². The number of aromatic nitrogens is 3. The van der Waals surface area contributed by atoms with Crippen LogP contribution in [0.4, 0.5) is 9.52 Å². The van der Waals surface area contributed by atoms with Gasteiger partial charge in [-0.2, -0.15) is 0 Å².